The van der Waals surface area contributed by atoms with E-state index in [9.17, 15) is 0 Å². The topological polar surface area (TPSA) is 25.8 Å². The lowest BCUT2D eigenvalue weighted by Crippen LogP contribution is -1.86. The first-order valence-electron chi connectivity index (χ1n) is 7.07. The first kappa shape index (κ1) is 22.2. The second-order valence-corrected chi connectivity index (χ2v) is 8.45. The first-order valence-corrected chi connectivity index (χ1v) is 10.7. The van der Waals surface area contributed by atoms with Gasteiger partial charge in [-0.3, -0.25) is 9.97 Å². The standard InChI is InChI=1S/C12H10N2.C6Cl4I2/c1(11-3-7-13-8-4-11)2-12-5-9-14-10-6-12;7-1-2(8)6(12)4(10)3(9)5(1)11/h1-10H;/b2-1+;. The molecule has 0 bridgehead atoms. The maximum absolute atomic E-state index is 5.87. The molecule has 2 nitrogen and oxygen atoms in total. The van der Waals surface area contributed by atoms with Gasteiger partial charge in [-0.2, -0.15) is 0 Å². The fraction of sp³-hybridized carbons (Fsp3) is 0. The molecule has 3 aromatic rings. The van der Waals surface area contributed by atoms with Gasteiger partial charge in [0.25, 0.3) is 0 Å². The van der Waals surface area contributed by atoms with Gasteiger partial charge in [-0.1, -0.05) is 58.6 Å². The van der Waals surface area contributed by atoms with Crippen LogP contribution < -0.4 is 0 Å². The lowest BCUT2D eigenvalue weighted by molar-refractivity contribution is 1.32. The summed E-state index contributed by atoms with van der Waals surface area (Å²) < 4.78 is 1.37. The third-order valence-corrected chi connectivity index (χ3v) is 8.17. The van der Waals surface area contributed by atoms with Crippen molar-refractivity contribution in [3.63, 3.8) is 0 Å². The number of nitrogens with zero attached hydrogens (tertiary/aromatic N) is 2. The summed E-state index contributed by atoms with van der Waals surface area (Å²) in [6.07, 6.45) is 11.2. The SMILES string of the molecule is C(=C\c1ccncc1)/c1ccncc1.Clc1c(Cl)c(I)c(Cl)c(Cl)c1I. The van der Waals surface area contributed by atoms with Crippen molar-refractivity contribution in [1.82, 2.24) is 9.97 Å². The van der Waals surface area contributed by atoms with Crippen LogP contribution >= 0.6 is 91.6 Å². The second kappa shape index (κ2) is 11.0. The van der Waals surface area contributed by atoms with Crippen LogP contribution in [0.3, 0.4) is 0 Å². The number of halogens is 6. The average Bonchev–Trinajstić information content (AvgIpc) is 2.70. The third-order valence-electron chi connectivity index (χ3n) is 3.04. The Morgan fingerprint density at radius 2 is 0.846 bits per heavy atom. The summed E-state index contributed by atoms with van der Waals surface area (Å²) in [5.41, 5.74) is 2.30. The molecule has 0 amide bonds. The molecule has 1 aromatic carbocycles. The smallest absolute Gasteiger partial charge is 0.0752 e. The molecule has 26 heavy (non-hydrogen) atoms. The molecular formula is C18H10Cl4I2N2. The highest BCUT2D eigenvalue weighted by molar-refractivity contribution is 14.1. The average molecular weight is 650 g/mol. The van der Waals surface area contributed by atoms with Crippen LogP contribution in [0.2, 0.25) is 20.1 Å². The van der Waals surface area contributed by atoms with Crippen LogP contribution in [-0.4, -0.2) is 9.97 Å². The van der Waals surface area contributed by atoms with Crippen molar-refractivity contribution < 1.29 is 0 Å². The van der Waals surface area contributed by atoms with Crippen LogP contribution in [0.1, 0.15) is 11.1 Å². The van der Waals surface area contributed by atoms with E-state index in [1.807, 2.05) is 69.4 Å². The molecule has 0 radical (unpaired) electrons. The summed E-state index contributed by atoms with van der Waals surface area (Å²) in [6, 6.07) is 7.88. The highest BCUT2D eigenvalue weighted by atomic mass is 127. The molecule has 0 aliphatic heterocycles. The zero-order chi connectivity index (χ0) is 19.1. The van der Waals surface area contributed by atoms with Gasteiger partial charge in [-0.25, -0.2) is 0 Å². The number of hydrogen-bond donors (Lipinski definition) is 0. The molecule has 0 unspecified atom stereocenters. The number of benzene rings is 1. The van der Waals surface area contributed by atoms with Crippen molar-refractivity contribution in [3.8, 4) is 0 Å². The molecule has 0 fully saturated rings. The van der Waals surface area contributed by atoms with E-state index in [0.717, 1.165) is 11.1 Å². The minimum absolute atomic E-state index is 0.455. The van der Waals surface area contributed by atoms with E-state index in [0.29, 0.717) is 27.2 Å². The number of hydrogen-bond acceptors (Lipinski definition) is 2. The zero-order valence-corrected chi connectivity index (χ0v) is 20.3. The van der Waals surface area contributed by atoms with Gasteiger partial charge in [0.05, 0.1) is 27.2 Å². The third kappa shape index (κ3) is 6.21. The van der Waals surface area contributed by atoms with E-state index < -0.39 is 0 Å². The molecule has 0 atom stereocenters. The summed E-state index contributed by atoms with van der Waals surface area (Å²) in [5.74, 6) is 0. The Morgan fingerprint density at radius 3 is 1.12 bits per heavy atom. The quantitative estimate of drug-likeness (QED) is 0.159. The molecule has 0 aliphatic carbocycles. The van der Waals surface area contributed by atoms with E-state index in [1.165, 1.54) is 0 Å². The molecule has 0 spiro atoms. The van der Waals surface area contributed by atoms with Gasteiger partial charge < -0.3 is 0 Å². The van der Waals surface area contributed by atoms with Crippen LogP contribution in [0, 0.1) is 7.14 Å². The number of rotatable bonds is 2. The Hall–Kier alpha value is -0.120. The molecule has 0 N–H and O–H groups in total. The van der Waals surface area contributed by atoms with Crippen molar-refractivity contribution >= 4 is 104 Å². The molecular weight excluding hydrogens is 640 g/mol. The van der Waals surface area contributed by atoms with Crippen molar-refractivity contribution in [2.24, 2.45) is 0 Å². The Kier molecular flexibility index (Phi) is 9.40. The van der Waals surface area contributed by atoms with Crippen LogP contribution in [0.5, 0.6) is 0 Å². The lowest BCUT2D eigenvalue weighted by Gasteiger charge is -2.06. The summed E-state index contributed by atoms with van der Waals surface area (Å²) in [4.78, 5) is 7.91. The molecule has 8 heteroatoms. The molecule has 0 saturated carbocycles. The fourth-order valence-corrected chi connectivity index (χ4v) is 4.29. The lowest BCUT2D eigenvalue weighted by atomic mass is 10.2. The van der Waals surface area contributed by atoms with E-state index in [2.05, 4.69) is 22.1 Å². The molecule has 2 aromatic heterocycles. The fourth-order valence-electron chi connectivity index (χ4n) is 1.72. The van der Waals surface area contributed by atoms with Crippen molar-refractivity contribution in [2.75, 3.05) is 0 Å². The number of aromatic nitrogens is 2. The highest BCUT2D eigenvalue weighted by Gasteiger charge is 2.16. The molecule has 0 saturated heterocycles. The van der Waals surface area contributed by atoms with Crippen LogP contribution in [-0.2, 0) is 0 Å². The van der Waals surface area contributed by atoms with E-state index in [-0.39, 0.29) is 0 Å². The Bertz CT molecular complexity index is 758. The van der Waals surface area contributed by atoms with Gasteiger partial charge >= 0.3 is 0 Å². The van der Waals surface area contributed by atoms with Gasteiger partial charge in [-0.15, -0.1) is 0 Å². The van der Waals surface area contributed by atoms with E-state index in [1.54, 1.807) is 24.8 Å². The largest absolute Gasteiger partial charge is 0.265 e. The summed E-state index contributed by atoms with van der Waals surface area (Å²) in [5, 5.41) is 1.82. The van der Waals surface area contributed by atoms with Gasteiger partial charge in [-0.05, 0) is 80.6 Å². The van der Waals surface area contributed by atoms with Crippen molar-refractivity contribution in [1.29, 1.82) is 0 Å². The van der Waals surface area contributed by atoms with E-state index >= 15 is 0 Å². The molecule has 2 heterocycles. The molecule has 0 aliphatic rings. The van der Waals surface area contributed by atoms with Gasteiger partial charge in [0, 0.05) is 24.8 Å². The zero-order valence-electron chi connectivity index (χ0n) is 12.9. The minimum atomic E-state index is 0.455. The number of pyridine rings is 2. The van der Waals surface area contributed by atoms with Crippen molar-refractivity contribution in [2.45, 2.75) is 0 Å². The highest BCUT2D eigenvalue weighted by Crippen LogP contribution is 2.41. The maximum Gasteiger partial charge on any atom is 0.0752 e. The van der Waals surface area contributed by atoms with Crippen LogP contribution in [0.25, 0.3) is 12.2 Å². The Morgan fingerprint density at radius 1 is 0.577 bits per heavy atom. The molecule has 134 valence electrons. The Balaban J connectivity index is 0.000000190. The predicted octanol–water partition coefficient (Wildman–Crippen LogP) is 8.16. The molecule has 3 rings (SSSR count). The summed E-state index contributed by atoms with van der Waals surface area (Å²) in [6.45, 7) is 0. The maximum atomic E-state index is 5.87. The summed E-state index contributed by atoms with van der Waals surface area (Å²) >= 11 is 27.5. The van der Waals surface area contributed by atoms with E-state index in [4.69, 9.17) is 46.4 Å². The Labute approximate surface area is 199 Å². The minimum Gasteiger partial charge on any atom is -0.265 e. The van der Waals surface area contributed by atoms with Gasteiger partial charge in [0.2, 0.25) is 0 Å². The predicted molar refractivity (Wildman–Crippen MR) is 129 cm³/mol. The second-order valence-electron chi connectivity index (χ2n) is 4.78. The van der Waals surface area contributed by atoms with Crippen LogP contribution in [0.4, 0.5) is 0 Å². The van der Waals surface area contributed by atoms with Gasteiger partial charge in [0.1, 0.15) is 0 Å². The van der Waals surface area contributed by atoms with Crippen molar-refractivity contribution in [3.05, 3.63) is 87.4 Å². The normalized spacial score (nSPS) is 10.5. The van der Waals surface area contributed by atoms with Gasteiger partial charge in [0.15, 0.2) is 0 Å². The van der Waals surface area contributed by atoms with Crippen LogP contribution in [0.15, 0.2) is 49.1 Å². The monoisotopic (exact) mass is 648 g/mol. The first-order chi connectivity index (χ1) is 12.4. The summed E-state index contributed by atoms with van der Waals surface area (Å²) in [7, 11) is 0.